The lowest BCUT2D eigenvalue weighted by molar-refractivity contribution is -0.158. The summed E-state index contributed by atoms with van der Waals surface area (Å²) in [6, 6.07) is 0. The lowest BCUT2D eigenvalue weighted by Crippen LogP contribution is -2.41. The van der Waals surface area contributed by atoms with Crippen molar-refractivity contribution in [2.45, 2.75) is 91.8 Å². The number of hydrogen-bond donors (Lipinski definition) is 1. The number of esters is 1. The Balaban J connectivity index is 2.07. The second-order valence-electron chi connectivity index (χ2n) is 9.40. The number of allylic oxidation sites excluding steroid dienone is 3. The molecule has 7 atom stereocenters. The van der Waals surface area contributed by atoms with E-state index in [4.69, 9.17) is 4.74 Å². The molecule has 4 nitrogen and oxygen atoms in total. The van der Waals surface area contributed by atoms with Crippen LogP contribution in [-0.4, -0.2) is 29.1 Å². The number of rotatable bonds is 10. The lowest BCUT2D eigenvalue weighted by Gasteiger charge is -2.43. The van der Waals surface area contributed by atoms with E-state index in [1.807, 2.05) is 13.8 Å². The van der Waals surface area contributed by atoms with Crippen LogP contribution in [0.25, 0.3) is 0 Å². The molecule has 29 heavy (non-hydrogen) atoms. The summed E-state index contributed by atoms with van der Waals surface area (Å²) in [5.41, 5.74) is 1.29. The summed E-state index contributed by atoms with van der Waals surface area (Å²) >= 11 is 0. The monoisotopic (exact) mass is 404 g/mol. The third-order valence-corrected chi connectivity index (χ3v) is 6.78. The van der Waals surface area contributed by atoms with Gasteiger partial charge in [0.2, 0.25) is 0 Å². The van der Waals surface area contributed by atoms with Gasteiger partial charge in [-0.05, 0) is 68.8 Å². The Morgan fingerprint density at radius 2 is 2.00 bits per heavy atom. The van der Waals surface area contributed by atoms with Crippen LogP contribution in [0, 0.1) is 29.6 Å². The molecule has 2 aliphatic rings. The van der Waals surface area contributed by atoms with E-state index in [9.17, 15) is 14.7 Å². The highest BCUT2D eigenvalue weighted by molar-refractivity contribution is 5.75. The first-order valence-corrected chi connectivity index (χ1v) is 11.5. The number of carbonyl (C=O) groups excluding carboxylic acids is 2. The molecule has 0 amide bonds. The number of fused-ring (bicyclic) bond motifs is 1. The van der Waals surface area contributed by atoms with E-state index in [2.05, 4.69) is 32.1 Å². The van der Waals surface area contributed by atoms with E-state index in [1.165, 1.54) is 5.57 Å². The van der Waals surface area contributed by atoms with Crippen LogP contribution in [0.1, 0.15) is 79.6 Å². The molecule has 5 unspecified atom stereocenters. The minimum absolute atomic E-state index is 0.0715. The van der Waals surface area contributed by atoms with E-state index in [0.717, 1.165) is 32.1 Å². The van der Waals surface area contributed by atoms with Crippen LogP contribution < -0.4 is 0 Å². The highest BCUT2D eigenvalue weighted by Gasteiger charge is 2.41. The molecule has 0 fully saturated rings. The molecule has 0 heterocycles. The van der Waals surface area contributed by atoms with Crippen molar-refractivity contribution in [3.63, 3.8) is 0 Å². The molecule has 0 aromatic heterocycles. The fourth-order valence-corrected chi connectivity index (χ4v) is 4.77. The van der Waals surface area contributed by atoms with Crippen molar-refractivity contribution < 1.29 is 19.4 Å². The second kappa shape index (κ2) is 11.1. The van der Waals surface area contributed by atoms with E-state index in [0.29, 0.717) is 30.6 Å². The van der Waals surface area contributed by atoms with Crippen LogP contribution in [0.5, 0.6) is 0 Å². The maximum atomic E-state index is 12.5. The van der Waals surface area contributed by atoms with E-state index < -0.39 is 0 Å². The third kappa shape index (κ3) is 6.80. The van der Waals surface area contributed by atoms with Crippen LogP contribution in [0.15, 0.2) is 23.8 Å². The Labute approximate surface area is 176 Å². The van der Waals surface area contributed by atoms with Crippen LogP contribution in [0.2, 0.25) is 0 Å². The molecule has 164 valence electrons. The molecule has 0 spiro atoms. The molecule has 0 saturated carbocycles. The summed E-state index contributed by atoms with van der Waals surface area (Å²) in [7, 11) is 0. The summed E-state index contributed by atoms with van der Waals surface area (Å²) in [4.78, 5) is 23.6. The fourth-order valence-electron chi connectivity index (χ4n) is 4.77. The average molecular weight is 405 g/mol. The average Bonchev–Trinajstić information content (AvgIpc) is 2.66. The topological polar surface area (TPSA) is 63.6 Å². The van der Waals surface area contributed by atoms with Crippen molar-refractivity contribution in [1.29, 1.82) is 0 Å². The number of ketones is 1. The van der Waals surface area contributed by atoms with Gasteiger partial charge in [-0.3, -0.25) is 4.79 Å². The van der Waals surface area contributed by atoms with Gasteiger partial charge in [-0.1, -0.05) is 45.9 Å². The Hall–Kier alpha value is -1.42. The molecular formula is C25H40O4. The van der Waals surface area contributed by atoms with Crippen LogP contribution in [0.4, 0.5) is 0 Å². The zero-order chi connectivity index (χ0) is 21.6. The first-order chi connectivity index (χ1) is 13.7. The zero-order valence-electron chi connectivity index (χ0n) is 18.9. The molecule has 1 N–H and O–H groups in total. The van der Waals surface area contributed by atoms with Gasteiger partial charge in [0.25, 0.3) is 0 Å². The molecule has 0 bridgehead atoms. The molecule has 2 rings (SSSR count). The number of Topliss-reactive ketones (excluding diaryl/α,β-unsaturated/α-hetero) is 1. The van der Waals surface area contributed by atoms with Gasteiger partial charge in [-0.2, -0.15) is 0 Å². The van der Waals surface area contributed by atoms with Crippen molar-refractivity contribution >= 4 is 11.8 Å². The number of carbonyl (C=O) groups is 2. The number of hydrogen-bond acceptors (Lipinski definition) is 4. The first-order valence-electron chi connectivity index (χ1n) is 11.5. The number of ether oxygens (including phenoxy) is 1. The van der Waals surface area contributed by atoms with Crippen molar-refractivity contribution in [3.05, 3.63) is 23.8 Å². The molecule has 0 saturated heterocycles. The second-order valence-corrected chi connectivity index (χ2v) is 9.40. The number of aliphatic hydroxyl groups excluding tert-OH is 1. The van der Waals surface area contributed by atoms with Crippen LogP contribution in [0.3, 0.4) is 0 Å². The van der Waals surface area contributed by atoms with Gasteiger partial charge in [0, 0.05) is 12.3 Å². The molecular weight excluding hydrogens is 364 g/mol. The predicted octanol–water partition coefficient (Wildman–Crippen LogP) is 5.25. The Morgan fingerprint density at radius 1 is 1.28 bits per heavy atom. The molecule has 0 aromatic carbocycles. The van der Waals surface area contributed by atoms with E-state index in [1.54, 1.807) is 6.92 Å². The van der Waals surface area contributed by atoms with Gasteiger partial charge in [0.05, 0.1) is 12.0 Å². The third-order valence-electron chi connectivity index (χ3n) is 6.78. The van der Waals surface area contributed by atoms with Crippen LogP contribution >= 0.6 is 0 Å². The largest absolute Gasteiger partial charge is 0.461 e. The Bertz CT molecular complexity index is 620. The fraction of sp³-hybridized carbons (Fsp3) is 0.760. The normalized spacial score (nSPS) is 30.8. The Morgan fingerprint density at radius 3 is 2.66 bits per heavy atom. The molecule has 2 aliphatic carbocycles. The van der Waals surface area contributed by atoms with Gasteiger partial charge in [0.1, 0.15) is 11.9 Å². The van der Waals surface area contributed by atoms with Gasteiger partial charge in [-0.15, -0.1) is 0 Å². The highest BCUT2D eigenvalue weighted by atomic mass is 16.5. The van der Waals surface area contributed by atoms with Gasteiger partial charge < -0.3 is 14.6 Å². The maximum Gasteiger partial charge on any atom is 0.308 e. The van der Waals surface area contributed by atoms with Crippen molar-refractivity contribution in [2.75, 3.05) is 0 Å². The van der Waals surface area contributed by atoms with Gasteiger partial charge in [-0.25, -0.2) is 0 Å². The van der Waals surface area contributed by atoms with Gasteiger partial charge >= 0.3 is 5.97 Å². The van der Waals surface area contributed by atoms with Crippen molar-refractivity contribution in [3.8, 4) is 0 Å². The smallest absolute Gasteiger partial charge is 0.308 e. The highest BCUT2D eigenvalue weighted by Crippen LogP contribution is 2.45. The van der Waals surface area contributed by atoms with E-state index in [-0.39, 0.29) is 35.8 Å². The minimum Gasteiger partial charge on any atom is -0.461 e. The maximum absolute atomic E-state index is 12.5. The summed E-state index contributed by atoms with van der Waals surface area (Å²) < 4.78 is 6.05. The molecule has 0 aliphatic heterocycles. The van der Waals surface area contributed by atoms with Crippen molar-refractivity contribution in [1.82, 2.24) is 0 Å². The summed E-state index contributed by atoms with van der Waals surface area (Å²) in [5.74, 6) is 1.38. The van der Waals surface area contributed by atoms with Crippen molar-refractivity contribution in [2.24, 2.45) is 29.6 Å². The lowest BCUT2D eigenvalue weighted by atomic mass is 9.65. The molecule has 4 heteroatoms. The summed E-state index contributed by atoms with van der Waals surface area (Å²) in [6.45, 7) is 9.96. The number of aliphatic hydroxyl groups is 1. The quantitative estimate of drug-likeness (QED) is 0.505. The molecule has 0 radical (unpaired) electrons. The summed E-state index contributed by atoms with van der Waals surface area (Å²) in [6.07, 6.45) is 11.6. The molecule has 0 aromatic rings. The Kier molecular flexibility index (Phi) is 9.13. The standard InChI is InChI=1S/C25H40O4/c1-6-17(3)25(28)29-23-15-16(2)14-20-11-10-18(4)22(24(20)23)13-12-21(27)9-7-8-19(5)26/h10-11,14,16-18,21-24,27H,6-9,12-13,15H2,1-5H3/t16-,17?,18?,21?,22?,23-,24?/m0/s1. The van der Waals surface area contributed by atoms with Gasteiger partial charge in [0.15, 0.2) is 0 Å². The van der Waals surface area contributed by atoms with E-state index >= 15 is 0 Å². The van der Waals surface area contributed by atoms with Crippen LogP contribution in [-0.2, 0) is 14.3 Å². The zero-order valence-corrected chi connectivity index (χ0v) is 18.9. The minimum atomic E-state index is -0.372. The first kappa shape index (κ1) is 23.9. The summed E-state index contributed by atoms with van der Waals surface area (Å²) in [5, 5.41) is 10.4. The SMILES string of the molecule is CCC(C)C(=O)O[C@H]1C[C@@H](C)C=C2C=CC(C)C(CCC(O)CCCC(C)=O)C21. The predicted molar refractivity (Wildman–Crippen MR) is 116 cm³/mol.